The van der Waals surface area contributed by atoms with E-state index in [1.54, 1.807) is 18.2 Å². The molecule has 1 aliphatic heterocycles. The summed E-state index contributed by atoms with van der Waals surface area (Å²) in [4.78, 5) is 14.1. The highest BCUT2D eigenvalue weighted by Gasteiger charge is 2.27. The van der Waals surface area contributed by atoms with Gasteiger partial charge in [-0.15, -0.1) is 11.8 Å². The average Bonchev–Trinajstić information content (AvgIpc) is 3.02. The third-order valence-electron chi connectivity index (χ3n) is 4.24. The fourth-order valence-corrected chi connectivity index (χ4v) is 3.82. The van der Waals surface area contributed by atoms with Gasteiger partial charge in [-0.25, -0.2) is 4.39 Å². The van der Waals surface area contributed by atoms with E-state index in [1.165, 1.54) is 28.3 Å². The molecule has 0 saturated carbocycles. The largest absolute Gasteiger partial charge is 0.347 e. The SMILES string of the molecule is O=C(CSc1ccccc1F)N[C@@H]1CC[NH+](Cc2ccccc2)C1. The molecule has 1 amide bonds. The molecule has 0 bridgehead atoms. The van der Waals surface area contributed by atoms with Gasteiger partial charge in [0, 0.05) is 16.9 Å². The van der Waals surface area contributed by atoms with Gasteiger partial charge in [0.1, 0.15) is 12.4 Å². The van der Waals surface area contributed by atoms with Gasteiger partial charge >= 0.3 is 0 Å². The number of amides is 1. The van der Waals surface area contributed by atoms with E-state index in [2.05, 4.69) is 29.6 Å². The van der Waals surface area contributed by atoms with Crippen LogP contribution in [0.1, 0.15) is 12.0 Å². The molecule has 2 aromatic rings. The van der Waals surface area contributed by atoms with E-state index in [-0.39, 0.29) is 23.5 Å². The zero-order chi connectivity index (χ0) is 16.8. The highest BCUT2D eigenvalue weighted by molar-refractivity contribution is 8.00. The number of halogens is 1. The van der Waals surface area contributed by atoms with E-state index >= 15 is 0 Å². The van der Waals surface area contributed by atoms with E-state index in [4.69, 9.17) is 0 Å². The first-order chi connectivity index (χ1) is 11.7. The number of carbonyl (C=O) groups is 1. The molecule has 0 spiro atoms. The van der Waals surface area contributed by atoms with Crippen molar-refractivity contribution in [2.75, 3.05) is 18.8 Å². The first-order valence-electron chi connectivity index (χ1n) is 8.25. The molecule has 1 saturated heterocycles. The Kier molecular flexibility index (Phi) is 5.88. The summed E-state index contributed by atoms with van der Waals surface area (Å²) < 4.78 is 13.5. The fraction of sp³-hybridized carbons (Fsp3) is 0.316. The highest BCUT2D eigenvalue weighted by Crippen LogP contribution is 2.20. The van der Waals surface area contributed by atoms with Gasteiger partial charge in [0.05, 0.1) is 24.9 Å². The molecule has 1 aliphatic rings. The Morgan fingerprint density at radius 2 is 1.92 bits per heavy atom. The number of quaternary nitrogens is 1. The average molecular weight is 345 g/mol. The van der Waals surface area contributed by atoms with Crippen LogP contribution < -0.4 is 10.2 Å². The summed E-state index contributed by atoms with van der Waals surface area (Å²) in [7, 11) is 0. The van der Waals surface area contributed by atoms with Crippen LogP contribution in [0.2, 0.25) is 0 Å². The molecule has 126 valence electrons. The van der Waals surface area contributed by atoms with Gasteiger partial charge in [0.2, 0.25) is 5.91 Å². The summed E-state index contributed by atoms with van der Waals surface area (Å²) in [6.07, 6.45) is 0.998. The molecule has 2 N–H and O–H groups in total. The van der Waals surface area contributed by atoms with Crippen molar-refractivity contribution in [3.63, 3.8) is 0 Å². The Morgan fingerprint density at radius 1 is 1.17 bits per heavy atom. The number of likely N-dealkylation sites (tertiary alicyclic amines) is 1. The second-order valence-corrected chi connectivity index (χ2v) is 7.16. The summed E-state index contributed by atoms with van der Waals surface area (Å²) in [6.45, 7) is 3.02. The zero-order valence-electron chi connectivity index (χ0n) is 13.5. The Balaban J connectivity index is 1.42. The third kappa shape index (κ3) is 4.82. The summed E-state index contributed by atoms with van der Waals surface area (Å²) >= 11 is 1.25. The van der Waals surface area contributed by atoms with Crippen molar-refractivity contribution >= 4 is 17.7 Å². The Bertz CT molecular complexity index is 680. The lowest BCUT2D eigenvalue weighted by atomic mass is 10.2. The Hall–Kier alpha value is -1.85. The van der Waals surface area contributed by atoms with E-state index in [0.717, 1.165) is 26.1 Å². The second kappa shape index (κ2) is 8.31. The van der Waals surface area contributed by atoms with Crippen molar-refractivity contribution in [3.8, 4) is 0 Å². The predicted octanol–water partition coefficient (Wildman–Crippen LogP) is 1.89. The molecular weight excluding hydrogens is 323 g/mol. The third-order valence-corrected chi connectivity index (χ3v) is 5.29. The predicted molar refractivity (Wildman–Crippen MR) is 94.5 cm³/mol. The van der Waals surface area contributed by atoms with Crippen LogP contribution in [-0.4, -0.2) is 30.8 Å². The Labute approximate surface area is 146 Å². The van der Waals surface area contributed by atoms with Gasteiger partial charge in [0.25, 0.3) is 0 Å². The van der Waals surface area contributed by atoms with Crippen LogP contribution in [0.25, 0.3) is 0 Å². The molecule has 2 aromatic carbocycles. The topological polar surface area (TPSA) is 33.5 Å². The highest BCUT2D eigenvalue weighted by atomic mass is 32.2. The number of hydrogen-bond acceptors (Lipinski definition) is 2. The molecular formula is C19H22FN2OS+. The number of thioether (sulfide) groups is 1. The molecule has 0 aliphatic carbocycles. The molecule has 0 aromatic heterocycles. The summed E-state index contributed by atoms with van der Waals surface area (Å²) in [5.41, 5.74) is 1.33. The molecule has 1 fully saturated rings. The molecule has 24 heavy (non-hydrogen) atoms. The molecule has 1 heterocycles. The lowest BCUT2D eigenvalue weighted by Gasteiger charge is -2.14. The smallest absolute Gasteiger partial charge is 0.230 e. The van der Waals surface area contributed by atoms with Crippen LogP contribution in [0.3, 0.4) is 0 Å². The minimum Gasteiger partial charge on any atom is -0.347 e. The van der Waals surface area contributed by atoms with Gasteiger partial charge in [-0.1, -0.05) is 42.5 Å². The van der Waals surface area contributed by atoms with Gasteiger partial charge in [0.15, 0.2) is 0 Å². The maximum absolute atomic E-state index is 13.5. The molecule has 3 rings (SSSR count). The van der Waals surface area contributed by atoms with E-state index in [9.17, 15) is 9.18 Å². The van der Waals surface area contributed by atoms with Crippen LogP contribution in [0.15, 0.2) is 59.5 Å². The van der Waals surface area contributed by atoms with Crippen molar-refractivity contribution < 1.29 is 14.1 Å². The Morgan fingerprint density at radius 3 is 2.71 bits per heavy atom. The normalized spacial score (nSPS) is 20.0. The van der Waals surface area contributed by atoms with Crippen LogP contribution in [0.5, 0.6) is 0 Å². The molecule has 3 nitrogen and oxygen atoms in total. The monoisotopic (exact) mass is 345 g/mol. The maximum Gasteiger partial charge on any atom is 0.230 e. The molecule has 2 atom stereocenters. The minimum absolute atomic E-state index is 0.0192. The first kappa shape index (κ1) is 17.0. The standard InChI is InChI=1S/C19H21FN2OS/c20-17-8-4-5-9-18(17)24-14-19(23)21-16-10-11-22(13-16)12-15-6-2-1-3-7-15/h1-9,16H,10-14H2,(H,21,23)/p+1/t16-/m1/s1. The fourth-order valence-electron chi connectivity index (χ4n) is 3.07. The van der Waals surface area contributed by atoms with Crippen LogP contribution in [0, 0.1) is 5.82 Å². The zero-order valence-corrected chi connectivity index (χ0v) is 14.3. The van der Waals surface area contributed by atoms with Crippen LogP contribution >= 0.6 is 11.8 Å². The van der Waals surface area contributed by atoms with Gasteiger partial charge < -0.3 is 10.2 Å². The maximum atomic E-state index is 13.5. The lowest BCUT2D eigenvalue weighted by Crippen LogP contribution is -3.09. The summed E-state index contributed by atoms with van der Waals surface area (Å²) in [5, 5.41) is 3.08. The van der Waals surface area contributed by atoms with E-state index in [0.29, 0.717) is 4.90 Å². The van der Waals surface area contributed by atoms with Crippen LogP contribution in [-0.2, 0) is 11.3 Å². The molecule has 1 unspecified atom stereocenters. The van der Waals surface area contributed by atoms with E-state index < -0.39 is 0 Å². The minimum atomic E-state index is -0.269. The summed E-state index contributed by atoms with van der Waals surface area (Å²) in [5.74, 6) is -0.0327. The van der Waals surface area contributed by atoms with Crippen molar-refractivity contribution in [3.05, 3.63) is 66.0 Å². The summed E-state index contributed by atoms with van der Waals surface area (Å²) in [6, 6.07) is 17.2. The van der Waals surface area contributed by atoms with Crippen molar-refractivity contribution in [2.45, 2.75) is 23.9 Å². The number of carbonyl (C=O) groups excluding carboxylic acids is 1. The molecule has 0 radical (unpaired) electrons. The van der Waals surface area contributed by atoms with E-state index in [1.807, 2.05) is 6.07 Å². The number of rotatable bonds is 6. The quantitative estimate of drug-likeness (QED) is 0.784. The first-order valence-corrected chi connectivity index (χ1v) is 9.23. The molecule has 5 heteroatoms. The van der Waals surface area contributed by atoms with Crippen molar-refractivity contribution in [1.82, 2.24) is 5.32 Å². The van der Waals surface area contributed by atoms with Gasteiger partial charge in [-0.3, -0.25) is 4.79 Å². The van der Waals surface area contributed by atoms with Gasteiger partial charge in [-0.2, -0.15) is 0 Å². The van der Waals surface area contributed by atoms with Crippen molar-refractivity contribution in [2.24, 2.45) is 0 Å². The van der Waals surface area contributed by atoms with Gasteiger partial charge in [-0.05, 0) is 12.1 Å². The number of nitrogens with one attached hydrogen (secondary N) is 2. The number of hydrogen-bond donors (Lipinski definition) is 2. The lowest BCUT2D eigenvalue weighted by molar-refractivity contribution is -0.901. The van der Waals surface area contributed by atoms with Crippen molar-refractivity contribution in [1.29, 1.82) is 0 Å². The number of benzene rings is 2. The second-order valence-electron chi connectivity index (χ2n) is 6.14. The van der Waals surface area contributed by atoms with Crippen LogP contribution in [0.4, 0.5) is 4.39 Å².